The highest BCUT2D eigenvalue weighted by Gasteiger charge is 2.21. The van der Waals surface area contributed by atoms with Gasteiger partial charge in [0.25, 0.3) is 0 Å². The molecule has 102 valence electrons. The summed E-state index contributed by atoms with van der Waals surface area (Å²) < 4.78 is 5.72. The van der Waals surface area contributed by atoms with Crippen molar-refractivity contribution < 1.29 is 4.74 Å². The van der Waals surface area contributed by atoms with Gasteiger partial charge >= 0.3 is 0 Å². The van der Waals surface area contributed by atoms with Crippen molar-refractivity contribution in [3.63, 3.8) is 0 Å². The second kappa shape index (κ2) is 7.16. The summed E-state index contributed by atoms with van der Waals surface area (Å²) in [7, 11) is 0. The minimum Gasteiger partial charge on any atom is -0.491 e. The smallest absolute Gasteiger partial charge is 0.137 e. The van der Waals surface area contributed by atoms with Crippen LogP contribution in [0.1, 0.15) is 31.7 Å². The zero-order valence-corrected chi connectivity index (χ0v) is 11.6. The summed E-state index contributed by atoms with van der Waals surface area (Å²) >= 11 is 0. The summed E-state index contributed by atoms with van der Waals surface area (Å²) in [6.07, 6.45) is 3.95. The monoisotopic (exact) mass is 258 g/mol. The topological polar surface area (TPSA) is 36.3 Å². The van der Waals surface area contributed by atoms with Crippen molar-refractivity contribution in [2.24, 2.45) is 5.92 Å². The molecule has 1 fully saturated rings. The molecule has 1 atom stereocenters. The van der Waals surface area contributed by atoms with Gasteiger partial charge in [0.05, 0.1) is 5.56 Å². The maximum atomic E-state index is 8.98. The van der Waals surface area contributed by atoms with E-state index < -0.39 is 0 Å². The molecule has 1 aliphatic rings. The molecule has 1 saturated heterocycles. The highest BCUT2D eigenvalue weighted by molar-refractivity contribution is 5.42. The summed E-state index contributed by atoms with van der Waals surface area (Å²) in [4.78, 5) is 2.47. The van der Waals surface area contributed by atoms with Crippen LogP contribution < -0.4 is 4.74 Å². The highest BCUT2D eigenvalue weighted by Crippen LogP contribution is 2.21. The second-order valence-corrected chi connectivity index (χ2v) is 5.20. The van der Waals surface area contributed by atoms with Gasteiger partial charge in [-0.2, -0.15) is 5.26 Å². The van der Waals surface area contributed by atoms with Crippen LogP contribution in [0.15, 0.2) is 24.3 Å². The van der Waals surface area contributed by atoms with E-state index in [2.05, 4.69) is 17.9 Å². The van der Waals surface area contributed by atoms with Gasteiger partial charge < -0.3 is 4.74 Å². The lowest BCUT2D eigenvalue weighted by atomic mass is 10.0. The zero-order valence-electron chi connectivity index (χ0n) is 11.6. The summed E-state index contributed by atoms with van der Waals surface area (Å²) in [5.74, 6) is 1.57. The fourth-order valence-electron chi connectivity index (χ4n) is 2.73. The average molecular weight is 258 g/mol. The molecule has 1 aliphatic heterocycles. The van der Waals surface area contributed by atoms with Crippen molar-refractivity contribution in [3.05, 3.63) is 29.8 Å². The van der Waals surface area contributed by atoms with E-state index in [4.69, 9.17) is 10.00 Å². The Bertz CT molecular complexity index is 439. The van der Waals surface area contributed by atoms with Crippen LogP contribution in [0.2, 0.25) is 0 Å². The predicted octanol–water partition coefficient (Wildman–Crippen LogP) is 3.06. The molecule has 0 saturated carbocycles. The molecule has 1 heterocycles. The molecule has 0 bridgehead atoms. The molecule has 0 radical (unpaired) electrons. The third kappa shape index (κ3) is 3.97. The van der Waals surface area contributed by atoms with Gasteiger partial charge in [-0.3, -0.25) is 4.90 Å². The Morgan fingerprint density at radius 3 is 3.05 bits per heavy atom. The van der Waals surface area contributed by atoms with E-state index in [9.17, 15) is 0 Å². The van der Waals surface area contributed by atoms with Crippen LogP contribution in [0.25, 0.3) is 0 Å². The predicted molar refractivity (Wildman–Crippen MR) is 76.1 cm³/mol. The number of hydrogen-bond donors (Lipinski definition) is 0. The van der Waals surface area contributed by atoms with Crippen molar-refractivity contribution >= 4 is 0 Å². The first kappa shape index (κ1) is 13.9. The van der Waals surface area contributed by atoms with Gasteiger partial charge in [0.15, 0.2) is 0 Å². The van der Waals surface area contributed by atoms with Gasteiger partial charge in [0.2, 0.25) is 0 Å². The van der Waals surface area contributed by atoms with Gasteiger partial charge in [0.1, 0.15) is 18.4 Å². The van der Waals surface area contributed by atoms with Crippen molar-refractivity contribution in [2.45, 2.75) is 26.2 Å². The lowest BCUT2D eigenvalue weighted by Crippen LogP contribution is -2.26. The van der Waals surface area contributed by atoms with E-state index in [1.165, 1.54) is 32.4 Å². The molecule has 0 N–H and O–H groups in total. The number of likely N-dealkylation sites (tertiary alicyclic amines) is 1. The lowest BCUT2D eigenvalue weighted by molar-refractivity contribution is 0.231. The molecule has 1 aromatic rings. The second-order valence-electron chi connectivity index (χ2n) is 5.20. The number of hydrogen-bond acceptors (Lipinski definition) is 3. The number of nitrogens with zero attached hydrogens (tertiary/aromatic N) is 2. The Morgan fingerprint density at radius 1 is 1.42 bits per heavy atom. The van der Waals surface area contributed by atoms with Gasteiger partial charge in [-0.25, -0.2) is 0 Å². The van der Waals surface area contributed by atoms with Crippen LogP contribution >= 0.6 is 0 Å². The molecular formula is C16H22N2O. The standard InChI is InChI=1S/C16H22N2O/c1-2-5-14-8-9-18(13-14)10-11-19-16-7-4-3-6-15(16)12-17/h3-4,6-7,14H,2,5,8-11,13H2,1H3. The zero-order chi connectivity index (χ0) is 13.5. The molecule has 0 spiro atoms. The first-order valence-corrected chi connectivity index (χ1v) is 7.17. The van der Waals surface area contributed by atoms with E-state index in [0.717, 1.165) is 12.5 Å². The first-order chi connectivity index (χ1) is 9.33. The maximum absolute atomic E-state index is 8.98. The summed E-state index contributed by atoms with van der Waals surface area (Å²) in [6, 6.07) is 9.59. The fourth-order valence-corrected chi connectivity index (χ4v) is 2.73. The van der Waals surface area contributed by atoms with Gasteiger partial charge in [-0.05, 0) is 37.4 Å². The first-order valence-electron chi connectivity index (χ1n) is 7.17. The molecule has 1 unspecified atom stereocenters. The molecule has 0 amide bonds. The Kier molecular flexibility index (Phi) is 5.23. The quantitative estimate of drug-likeness (QED) is 0.787. The Hall–Kier alpha value is -1.53. The van der Waals surface area contributed by atoms with Gasteiger partial charge in [-0.15, -0.1) is 0 Å². The van der Waals surface area contributed by atoms with E-state index in [-0.39, 0.29) is 0 Å². The molecule has 3 nitrogen and oxygen atoms in total. The van der Waals surface area contributed by atoms with Crippen molar-refractivity contribution in [1.29, 1.82) is 5.26 Å². The van der Waals surface area contributed by atoms with Gasteiger partial charge in [0, 0.05) is 13.1 Å². The lowest BCUT2D eigenvalue weighted by Gasteiger charge is -2.16. The normalized spacial score (nSPS) is 19.3. The molecule has 3 heteroatoms. The fraction of sp³-hybridized carbons (Fsp3) is 0.562. The molecular weight excluding hydrogens is 236 g/mol. The molecule has 0 aliphatic carbocycles. The van der Waals surface area contributed by atoms with E-state index in [1.807, 2.05) is 18.2 Å². The summed E-state index contributed by atoms with van der Waals surface area (Å²) in [6.45, 7) is 6.27. The molecule has 0 aromatic heterocycles. The molecule has 19 heavy (non-hydrogen) atoms. The number of para-hydroxylation sites is 1. The van der Waals surface area contributed by atoms with Gasteiger partial charge in [-0.1, -0.05) is 25.5 Å². The van der Waals surface area contributed by atoms with Crippen LogP contribution in [-0.2, 0) is 0 Å². The molecule has 1 aromatic carbocycles. The molecule has 2 rings (SSSR count). The minimum atomic E-state index is 0.618. The van der Waals surface area contributed by atoms with Crippen LogP contribution in [-0.4, -0.2) is 31.1 Å². The third-order valence-electron chi connectivity index (χ3n) is 3.74. The Balaban J connectivity index is 1.74. The Labute approximate surface area is 115 Å². The SMILES string of the molecule is CCCC1CCN(CCOc2ccccc2C#N)C1. The number of rotatable bonds is 6. The third-order valence-corrected chi connectivity index (χ3v) is 3.74. The van der Waals surface area contributed by atoms with E-state index in [0.29, 0.717) is 17.9 Å². The van der Waals surface area contributed by atoms with E-state index >= 15 is 0 Å². The van der Waals surface area contributed by atoms with Crippen molar-refractivity contribution in [2.75, 3.05) is 26.2 Å². The number of nitriles is 1. The van der Waals surface area contributed by atoms with Crippen LogP contribution in [0, 0.1) is 17.2 Å². The Morgan fingerprint density at radius 2 is 2.26 bits per heavy atom. The van der Waals surface area contributed by atoms with Crippen molar-refractivity contribution in [3.8, 4) is 11.8 Å². The van der Waals surface area contributed by atoms with Crippen LogP contribution in [0.4, 0.5) is 0 Å². The highest BCUT2D eigenvalue weighted by atomic mass is 16.5. The van der Waals surface area contributed by atoms with Crippen LogP contribution in [0.3, 0.4) is 0 Å². The number of benzene rings is 1. The summed E-state index contributed by atoms with van der Waals surface area (Å²) in [5.41, 5.74) is 0.618. The maximum Gasteiger partial charge on any atom is 0.137 e. The number of ether oxygens (including phenoxy) is 1. The largest absolute Gasteiger partial charge is 0.491 e. The van der Waals surface area contributed by atoms with Crippen molar-refractivity contribution in [1.82, 2.24) is 4.90 Å². The minimum absolute atomic E-state index is 0.618. The van der Waals surface area contributed by atoms with E-state index in [1.54, 1.807) is 6.07 Å². The summed E-state index contributed by atoms with van der Waals surface area (Å²) in [5, 5.41) is 8.98. The van der Waals surface area contributed by atoms with Crippen LogP contribution in [0.5, 0.6) is 5.75 Å². The average Bonchev–Trinajstić information content (AvgIpc) is 2.87.